The number of halogens is 1. The first kappa shape index (κ1) is 24.5. The fourth-order valence-corrected chi connectivity index (χ4v) is 4.97. The van der Waals surface area contributed by atoms with E-state index in [9.17, 15) is 14.3 Å². The van der Waals surface area contributed by atoms with Gasteiger partial charge in [0.15, 0.2) is 5.75 Å². The number of aromatic hydroxyl groups is 1. The molecule has 2 N–H and O–H groups in total. The van der Waals surface area contributed by atoms with Gasteiger partial charge in [-0.05, 0) is 47.5 Å². The van der Waals surface area contributed by atoms with Crippen LogP contribution in [0.3, 0.4) is 0 Å². The van der Waals surface area contributed by atoms with Gasteiger partial charge >= 0.3 is 0 Å². The molecule has 0 atom stereocenters. The number of carbonyl (C=O) groups excluding carboxylic acids is 1. The summed E-state index contributed by atoms with van der Waals surface area (Å²) in [5.41, 5.74) is 4.99. The first-order valence-corrected chi connectivity index (χ1v) is 12.2. The number of hydrogen-bond acceptors (Lipinski definition) is 6. The number of piperazine rings is 1. The van der Waals surface area contributed by atoms with E-state index in [4.69, 9.17) is 4.74 Å². The molecule has 1 amide bonds. The number of amides is 1. The van der Waals surface area contributed by atoms with Crippen LogP contribution < -0.4 is 15.0 Å². The number of phenolic OH excluding ortho intramolecular Hbond substituents is 1. The fraction of sp³-hybridized carbons (Fsp3) is 0.241. The molecule has 1 aromatic heterocycles. The molecule has 1 aliphatic rings. The molecular weight excluding hydrogens is 471 g/mol. The van der Waals surface area contributed by atoms with E-state index in [1.165, 1.54) is 19.1 Å². The second-order valence-electron chi connectivity index (χ2n) is 9.14. The summed E-state index contributed by atoms with van der Waals surface area (Å²) in [7, 11) is 1.60. The van der Waals surface area contributed by atoms with Crippen LogP contribution in [0.25, 0.3) is 22.0 Å². The normalized spacial score (nSPS) is 14.1. The summed E-state index contributed by atoms with van der Waals surface area (Å²) in [5, 5.41) is 14.0. The zero-order valence-electron chi connectivity index (χ0n) is 20.9. The van der Waals surface area contributed by atoms with Crippen molar-refractivity contribution >= 4 is 28.2 Å². The summed E-state index contributed by atoms with van der Waals surface area (Å²) in [6.45, 7) is 5.29. The Hall–Kier alpha value is -4.17. The van der Waals surface area contributed by atoms with E-state index in [2.05, 4.69) is 20.1 Å². The van der Waals surface area contributed by atoms with Gasteiger partial charge in [-0.2, -0.15) is 0 Å². The van der Waals surface area contributed by atoms with Crippen LogP contribution in [0.4, 0.5) is 15.8 Å². The minimum atomic E-state index is -0.294. The third kappa shape index (κ3) is 5.06. The van der Waals surface area contributed by atoms with Gasteiger partial charge in [-0.1, -0.05) is 24.3 Å². The summed E-state index contributed by atoms with van der Waals surface area (Å²) in [6.07, 6.45) is 1.69. The highest BCUT2D eigenvalue weighted by Crippen LogP contribution is 2.44. The minimum absolute atomic E-state index is 0.181. The minimum Gasteiger partial charge on any atom is -0.506 e. The lowest BCUT2D eigenvalue weighted by Gasteiger charge is -2.38. The number of aromatic nitrogens is 1. The Bertz CT molecular complexity index is 1430. The van der Waals surface area contributed by atoms with Gasteiger partial charge in [0.2, 0.25) is 5.91 Å². The Morgan fingerprint density at radius 3 is 2.51 bits per heavy atom. The number of fused-ring (bicyclic) bond motifs is 1. The van der Waals surface area contributed by atoms with Gasteiger partial charge in [0.05, 0.1) is 18.5 Å². The van der Waals surface area contributed by atoms with Crippen molar-refractivity contribution in [2.45, 2.75) is 13.5 Å². The first-order chi connectivity index (χ1) is 17.9. The van der Waals surface area contributed by atoms with Crippen molar-refractivity contribution in [3.8, 4) is 22.6 Å². The smallest absolute Gasteiger partial charge is 0.221 e. The molecule has 1 saturated heterocycles. The second-order valence-corrected chi connectivity index (χ2v) is 9.14. The van der Waals surface area contributed by atoms with Crippen molar-refractivity contribution in [1.29, 1.82) is 0 Å². The van der Waals surface area contributed by atoms with Crippen LogP contribution >= 0.6 is 0 Å². The lowest BCUT2D eigenvalue weighted by atomic mass is 10.00. The van der Waals surface area contributed by atoms with Gasteiger partial charge in [-0.15, -0.1) is 0 Å². The molecular formula is C29H29FN4O3. The van der Waals surface area contributed by atoms with Crippen LogP contribution in [0.5, 0.6) is 11.5 Å². The summed E-state index contributed by atoms with van der Waals surface area (Å²) in [5.74, 6) is 0.293. The maximum Gasteiger partial charge on any atom is 0.221 e. The van der Waals surface area contributed by atoms with Gasteiger partial charge in [0, 0.05) is 56.8 Å². The second kappa shape index (κ2) is 10.4. The monoisotopic (exact) mass is 500 g/mol. The van der Waals surface area contributed by atoms with E-state index in [0.29, 0.717) is 17.0 Å². The average molecular weight is 501 g/mol. The molecule has 0 bridgehead atoms. The number of ether oxygens (including phenoxy) is 1. The lowest BCUT2D eigenvalue weighted by Crippen LogP contribution is -2.46. The van der Waals surface area contributed by atoms with Crippen molar-refractivity contribution in [1.82, 2.24) is 9.88 Å². The topological polar surface area (TPSA) is 77.9 Å². The number of pyridine rings is 1. The Balaban J connectivity index is 1.43. The van der Waals surface area contributed by atoms with E-state index in [1.807, 2.05) is 30.3 Å². The number of rotatable bonds is 6. The summed E-state index contributed by atoms with van der Waals surface area (Å²) >= 11 is 0. The highest BCUT2D eigenvalue weighted by atomic mass is 19.1. The predicted molar refractivity (Wildman–Crippen MR) is 144 cm³/mol. The number of phenols is 1. The van der Waals surface area contributed by atoms with Crippen molar-refractivity contribution in [2.75, 3.05) is 43.5 Å². The van der Waals surface area contributed by atoms with Crippen molar-refractivity contribution in [3.05, 3.63) is 78.2 Å². The summed E-state index contributed by atoms with van der Waals surface area (Å²) in [6, 6.07) is 17.7. The van der Waals surface area contributed by atoms with Gasteiger partial charge in [0.1, 0.15) is 17.1 Å². The molecule has 37 heavy (non-hydrogen) atoms. The van der Waals surface area contributed by atoms with Crippen molar-refractivity contribution < 1.29 is 19.0 Å². The van der Waals surface area contributed by atoms with Crippen LogP contribution in [0.2, 0.25) is 0 Å². The fourth-order valence-electron chi connectivity index (χ4n) is 4.97. The Labute approximate surface area is 215 Å². The standard InChI is InChI=1S/C29H29FN4O3/c1-19(35)32-25-11-10-24(20-5-8-22(30)9-6-20)28(29(25)37-2)34-16-14-33(15-17-34)18-21-7-12-26(36)27-23(21)4-3-13-31-27/h3-13,36H,14-18H2,1-2H3,(H,32,35). The van der Waals surface area contributed by atoms with Crippen LogP contribution in [0, 0.1) is 5.82 Å². The molecule has 1 fully saturated rings. The van der Waals surface area contributed by atoms with Crippen LogP contribution in [-0.4, -0.2) is 54.2 Å². The van der Waals surface area contributed by atoms with Crippen LogP contribution in [0.1, 0.15) is 12.5 Å². The zero-order valence-corrected chi connectivity index (χ0v) is 20.9. The molecule has 0 aliphatic carbocycles. The Kier molecular flexibility index (Phi) is 6.92. The average Bonchev–Trinajstić information content (AvgIpc) is 2.91. The first-order valence-electron chi connectivity index (χ1n) is 12.2. The zero-order chi connectivity index (χ0) is 25.9. The summed E-state index contributed by atoms with van der Waals surface area (Å²) < 4.78 is 19.5. The predicted octanol–water partition coefficient (Wildman–Crippen LogP) is 5.04. The molecule has 4 aromatic rings. The maximum absolute atomic E-state index is 13.6. The van der Waals surface area contributed by atoms with Gasteiger partial charge in [-0.25, -0.2) is 4.39 Å². The number of carbonyl (C=O) groups is 1. The quantitative estimate of drug-likeness (QED) is 0.387. The highest BCUT2D eigenvalue weighted by molar-refractivity contribution is 5.96. The third-order valence-electron chi connectivity index (χ3n) is 6.72. The van der Waals surface area contributed by atoms with Crippen molar-refractivity contribution in [2.24, 2.45) is 0 Å². The molecule has 0 unspecified atom stereocenters. The number of hydrogen-bond donors (Lipinski definition) is 2. The number of anilines is 2. The highest BCUT2D eigenvalue weighted by Gasteiger charge is 2.25. The number of nitrogens with one attached hydrogen (secondary N) is 1. The Morgan fingerprint density at radius 1 is 1.05 bits per heavy atom. The molecule has 0 saturated carbocycles. The number of methoxy groups -OCH3 is 1. The summed E-state index contributed by atoms with van der Waals surface area (Å²) in [4.78, 5) is 20.8. The number of benzene rings is 3. The largest absolute Gasteiger partial charge is 0.506 e. The molecule has 3 aromatic carbocycles. The molecule has 8 heteroatoms. The third-order valence-corrected chi connectivity index (χ3v) is 6.72. The SMILES string of the molecule is COc1c(NC(C)=O)ccc(-c2ccc(F)cc2)c1N1CCN(Cc2ccc(O)c3ncccc23)CC1. The van der Waals surface area contributed by atoms with E-state index in [0.717, 1.165) is 60.5 Å². The van der Waals surface area contributed by atoms with Crippen molar-refractivity contribution in [3.63, 3.8) is 0 Å². The van der Waals surface area contributed by atoms with E-state index in [-0.39, 0.29) is 17.5 Å². The van der Waals surface area contributed by atoms with E-state index >= 15 is 0 Å². The molecule has 5 rings (SSSR count). The molecule has 2 heterocycles. The van der Waals surface area contributed by atoms with Crippen LogP contribution in [0.15, 0.2) is 66.9 Å². The number of nitrogens with zero attached hydrogens (tertiary/aromatic N) is 3. The van der Waals surface area contributed by atoms with E-state index in [1.54, 1.807) is 31.5 Å². The molecule has 0 radical (unpaired) electrons. The van der Waals surface area contributed by atoms with Gasteiger partial charge < -0.3 is 20.1 Å². The maximum atomic E-state index is 13.6. The van der Waals surface area contributed by atoms with Gasteiger partial charge in [-0.3, -0.25) is 14.7 Å². The molecule has 0 spiro atoms. The van der Waals surface area contributed by atoms with Crippen LogP contribution in [-0.2, 0) is 11.3 Å². The lowest BCUT2D eigenvalue weighted by molar-refractivity contribution is -0.114. The molecule has 190 valence electrons. The van der Waals surface area contributed by atoms with E-state index < -0.39 is 0 Å². The molecule has 7 nitrogen and oxygen atoms in total. The Morgan fingerprint density at radius 2 is 1.81 bits per heavy atom. The molecule has 1 aliphatic heterocycles. The van der Waals surface area contributed by atoms with Gasteiger partial charge in [0.25, 0.3) is 0 Å².